The van der Waals surface area contributed by atoms with Gasteiger partial charge in [0.1, 0.15) is 0 Å². The lowest BCUT2D eigenvalue weighted by Gasteiger charge is -2.17. The first-order valence-corrected chi connectivity index (χ1v) is 7.50. The van der Waals surface area contributed by atoms with Gasteiger partial charge in [-0.25, -0.2) is 0 Å². The van der Waals surface area contributed by atoms with E-state index in [0.29, 0.717) is 19.0 Å². The van der Waals surface area contributed by atoms with Gasteiger partial charge in [0.2, 0.25) is 17.7 Å². The third-order valence-electron chi connectivity index (χ3n) is 3.96. The number of hydrogen-bond donors (Lipinski definition) is 3. The molecular weight excluding hydrogens is 308 g/mol. The maximum atomic E-state index is 11.8. The highest BCUT2D eigenvalue weighted by molar-refractivity contribution is 5.88. The molecule has 2 atom stereocenters. The molecule has 1 aliphatic heterocycles. The third-order valence-corrected chi connectivity index (χ3v) is 3.96. The predicted molar refractivity (Wildman–Crippen MR) is 84.4 cm³/mol. The first-order valence-electron chi connectivity index (χ1n) is 7.50. The maximum absolute atomic E-state index is 11.8. The average Bonchev–Trinajstić information content (AvgIpc) is 3.19. The van der Waals surface area contributed by atoms with Crippen LogP contribution < -0.4 is 16.4 Å². The van der Waals surface area contributed by atoms with Crippen molar-refractivity contribution in [3.05, 3.63) is 0 Å². The van der Waals surface area contributed by atoms with Crippen LogP contribution in [-0.4, -0.2) is 53.8 Å². The van der Waals surface area contributed by atoms with Gasteiger partial charge in [0.15, 0.2) is 0 Å². The molecule has 0 aromatic heterocycles. The fraction of sp³-hybridized carbons (Fsp3) is 0.786. The highest BCUT2D eigenvalue weighted by Gasteiger charge is 2.39. The predicted octanol–water partition coefficient (Wildman–Crippen LogP) is -0.613. The van der Waals surface area contributed by atoms with E-state index in [0.717, 1.165) is 12.8 Å². The number of carbonyl (C=O) groups is 3. The van der Waals surface area contributed by atoms with Gasteiger partial charge in [-0.1, -0.05) is 13.8 Å². The van der Waals surface area contributed by atoms with Crippen molar-refractivity contribution in [1.29, 1.82) is 0 Å². The van der Waals surface area contributed by atoms with Gasteiger partial charge in [0.25, 0.3) is 0 Å². The largest absolute Gasteiger partial charge is 0.350 e. The van der Waals surface area contributed by atoms with Crippen molar-refractivity contribution < 1.29 is 14.4 Å². The molecule has 7 nitrogen and oxygen atoms in total. The van der Waals surface area contributed by atoms with E-state index in [1.807, 2.05) is 18.7 Å². The molecule has 4 N–H and O–H groups in total. The molecule has 3 amide bonds. The number of rotatable bonds is 6. The van der Waals surface area contributed by atoms with Gasteiger partial charge >= 0.3 is 0 Å². The molecule has 1 saturated carbocycles. The van der Waals surface area contributed by atoms with Gasteiger partial charge in [-0.2, -0.15) is 0 Å². The molecule has 8 heteroatoms. The van der Waals surface area contributed by atoms with Crippen molar-refractivity contribution in [2.45, 2.75) is 51.2 Å². The minimum atomic E-state index is -0.615. The van der Waals surface area contributed by atoms with Crippen molar-refractivity contribution in [2.24, 2.45) is 11.7 Å². The van der Waals surface area contributed by atoms with Crippen LogP contribution in [0.15, 0.2) is 0 Å². The number of amides is 3. The molecule has 1 heterocycles. The molecule has 1 saturated heterocycles. The Hall–Kier alpha value is -1.34. The van der Waals surface area contributed by atoms with Crippen LogP contribution >= 0.6 is 12.4 Å². The Bertz CT molecular complexity index is 440. The molecule has 1 aliphatic carbocycles. The van der Waals surface area contributed by atoms with E-state index in [1.54, 1.807) is 0 Å². The summed E-state index contributed by atoms with van der Waals surface area (Å²) in [6, 6.07) is -0.388. The van der Waals surface area contributed by atoms with Crippen molar-refractivity contribution in [2.75, 3.05) is 13.1 Å². The molecular formula is C14H25ClN4O3. The molecule has 22 heavy (non-hydrogen) atoms. The van der Waals surface area contributed by atoms with E-state index >= 15 is 0 Å². The summed E-state index contributed by atoms with van der Waals surface area (Å²) in [5.41, 5.74) is 5.69. The van der Waals surface area contributed by atoms with Gasteiger partial charge in [0, 0.05) is 19.0 Å². The Kier molecular flexibility index (Phi) is 6.62. The topological polar surface area (TPSA) is 105 Å². The maximum Gasteiger partial charge on any atom is 0.239 e. The fourth-order valence-corrected chi connectivity index (χ4v) is 2.43. The Morgan fingerprint density at radius 1 is 1.36 bits per heavy atom. The fourth-order valence-electron chi connectivity index (χ4n) is 2.43. The molecule has 0 bridgehead atoms. The zero-order chi connectivity index (χ0) is 15.6. The van der Waals surface area contributed by atoms with Crippen LogP contribution in [0.4, 0.5) is 0 Å². The Morgan fingerprint density at radius 2 is 2.00 bits per heavy atom. The van der Waals surface area contributed by atoms with E-state index in [4.69, 9.17) is 5.73 Å². The number of nitrogens with one attached hydrogen (secondary N) is 2. The lowest BCUT2D eigenvalue weighted by Crippen LogP contribution is -2.48. The van der Waals surface area contributed by atoms with Crippen molar-refractivity contribution in [3.8, 4) is 0 Å². The standard InChI is InChI=1S/C14H24N4O3.ClH/c1-8(2)13(15)14(21)16-6-11(19)17-9-5-12(20)18(7-9)10-3-4-10;/h8-10,13H,3-7,15H2,1-2H3,(H,16,21)(H,17,19);1H/t9?,13-;/m0./s1. The van der Waals surface area contributed by atoms with Crippen LogP contribution in [0.1, 0.15) is 33.1 Å². The normalized spacial score (nSPS) is 22.3. The van der Waals surface area contributed by atoms with E-state index in [1.165, 1.54) is 0 Å². The minimum absolute atomic E-state index is 0. The monoisotopic (exact) mass is 332 g/mol. The second-order valence-electron chi connectivity index (χ2n) is 6.23. The molecule has 0 aromatic rings. The smallest absolute Gasteiger partial charge is 0.239 e. The van der Waals surface area contributed by atoms with Crippen LogP contribution in [0.25, 0.3) is 0 Å². The summed E-state index contributed by atoms with van der Waals surface area (Å²) in [7, 11) is 0. The summed E-state index contributed by atoms with van der Waals surface area (Å²) >= 11 is 0. The van der Waals surface area contributed by atoms with Crippen LogP contribution in [0, 0.1) is 5.92 Å². The summed E-state index contributed by atoms with van der Waals surface area (Å²) in [5.74, 6) is -0.488. The molecule has 0 spiro atoms. The van der Waals surface area contributed by atoms with E-state index < -0.39 is 6.04 Å². The van der Waals surface area contributed by atoms with Gasteiger partial charge in [-0.3, -0.25) is 14.4 Å². The highest BCUT2D eigenvalue weighted by atomic mass is 35.5. The lowest BCUT2D eigenvalue weighted by atomic mass is 10.1. The molecule has 2 aliphatic rings. The van der Waals surface area contributed by atoms with Gasteiger partial charge < -0.3 is 21.3 Å². The van der Waals surface area contributed by atoms with E-state index in [9.17, 15) is 14.4 Å². The second-order valence-corrected chi connectivity index (χ2v) is 6.23. The molecule has 0 radical (unpaired) electrons. The summed E-state index contributed by atoms with van der Waals surface area (Å²) in [6.45, 7) is 4.17. The van der Waals surface area contributed by atoms with Crippen LogP contribution in [-0.2, 0) is 14.4 Å². The Balaban J connectivity index is 0.00000242. The first-order chi connectivity index (χ1) is 9.88. The molecule has 1 unspecified atom stereocenters. The second kappa shape index (κ2) is 7.78. The molecule has 2 fully saturated rings. The number of halogens is 1. The van der Waals surface area contributed by atoms with Crippen molar-refractivity contribution in [1.82, 2.24) is 15.5 Å². The number of nitrogens with two attached hydrogens (primary N) is 1. The summed E-state index contributed by atoms with van der Waals surface area (Å²) in [6.07, 6.45) is 2.48. The van der Waals surface area contributed by atoms with Crippen LogP contribution in [0.3, 0.4) is 0 Å². The minimum Gasteiger partial charge on any atom is -0.350 e. The number of hydrogen-bond acceptors (Lipinski definition) is 4. The van der Waals surface area contributed by atoms with Crippen LogP contribution in [0.5, 0.6) is 0 Å². The van der Waals surface area contributed by atoms with Crippen molar-refractivity contribution >= 4 is 30.1 Å². The van der Waals surface area contributed by atoms with E-state index in [-0.39, 0.29) is 48.6 Å². The first kappa shape index (κ1) is 18.7. The Morgan fingerprint density at radius 3 is 2.55 bits per heavy atom. The lowest BCUT2D eigenvalue weighted by molar-refractivity contribution is -0.128. The van der Waals surface area contributed by atoms with Crippen LogP contribution in [0.2, 0.25) is 0 Å². The van der Waals surface area contributed by atoms with Gasteiger partial charge in [-0.15, -0.1) is 12.4 Å². The number of nitrogens with zero attached hydrogens (tertiary/aromatic N) is 1. The van der Waals surface area contributed by atoms with Gasteiger partial charge in [0.05, 0.1) is 18.6 Å². The summed E-state index contributed by atoms with van der Waals surface area (Å²) in [4.78, 5) is 37.1. The molecule has 2 rings (SSSR count). The summed E-state index contributed by atoms with van der Waals surface area (Å²) < 4.78 is 0. The SMILES string of the molecule is CC(C)[C@H](N)C(=O)NCC(=O)NC1CC(=O)N(C2CC2)C1.Cl. The third kappa shape index (κ3) is 4.84. The molecule has 126 valence electrons. The average molecular weight is 333 g/mol. The Labute approximate surface area is 136 Å². The van der Waals surface area contributed by atoms with Crippen molar-refractivity contribution in [3.63, 3.8) is 0 Å². The van der Waals surface area contributed by atoms with E-state index in [2.05, 4.69) is 10.6 Å². The quantitative estimate of drug-likeness (QED) is 0.603. The zero-order valence-electron chi connectivity index (χ0n) is 13.0. The van der Waals surface area contributed by atoms with Gasteiger partial charge in [-0.05, 0) is 18.8 Å². The molecule has 0 aromatic carbocycles. The number of carbonyl (C=O) groups excluding carboxylic acids is 3. The summed E-state index contributed by atoms with van der Waals surface area (Å²) in [5, 5.41) is 5.31. The highest BCUT2D eigenvalue weighted by Crippen LogP contribution is 2.30. The zero-order valence-corrected chi connectivity index (χ0v) is 13.8. The number of likely N-dealkylation sites (tertiary alicyclic amines) is 1.